The minimum Gasteiger partial charge on any atom is -0.539 e. The second kappa shape index (κ2) is 8.15. The van der Waals surface area contributed by atoms with Crippen LogP contribution in [0.15, 0.2) is 33.7 Å². The van der Waals surface area contributed by atoms with E-state index in [2.05, 4.69) is 25.5 Å². The van der Waals surface area contributed by atoms with Gasteiger partial charge in [0.2, 0.25) is 5.43 Å². The minimum absolute atomic E-state index is 0.0559. The lowest BCUT2D eigenvalue weighted by Gasteiger charge is -2.35. The maximum Gasteiger partial charge on any atom is 0.331 e. The molecule has 1 rings (SSSR count). The molecule has 0 aliphatic heterocycles. The molecule has 0 unspecified atom stereocenters. The third kappa shape index (κ3) is 6.22. The molecular formula is C17H24O7Si. The van der Waals surface area contributed by atoms with Crippen LogP contribution in [0.4, 0.5) is 0 Å². The van der Waals surface area contributed by atoms with Crippen LogP contribution in [0.1, 0.15) is 26.5 Å². The van der Waals surface area contributed by atoms with Crippen LogP contribution < -0.4 is 9.85 Å². The standard InChI is InChI=1S/C17H24O7Si/c1-17(2,3)25(5,6)24-14-11-22-12(9-13(14)18)10-23-16(20)8-7-15(19)21-4/h7-9,11H,10H2,1-6H3/b8-7+. The molecule has 0 aliphatic carbocycles. The van der Waals surface area contributed by atoms with Gasteiger partial charge in [0.15, 0.2) is 5.75 Å². The number of hydrogen-bond acceptors (Lipinski definition) is 7. The minimum atomic E-state index is -2.15. The van der Waals surface area contributed by atoms with Crippen molar-refractivity contribution in [2.45, 2.75) is 45.5 Å². The molecule has 0 amide bonds. The summed E-state index contributed by atoms with van der Waals surface area (Å²) in [4.78, 5) is 34.5. The predicted molar refractivity (Wildman–Crippen MR) is 93.8 cm³/mol. The molecule has 0 atom stereocenters. The van der Waals surface area contributed by atoms with E-state index in [1.165, 1.54) is 19.4 Å². The van der Waals surface area contributed by atoms with Crippen molar-refractivity contribution in [3.05, 3.63) is 40.5 Å². The van der Waals surface area contributed by atoms with Crippen LogP contribution >= 0.6 is 0 Å². The normalized spacial score (nSPS) is 12.1. The van der Waals surface area contributed by atoms with Gasteiger partial charge in [0.05, 0.1) is 7.11 Å². The van der Waals surface area contributed by atoms with Crippen molar-refractivity contribution in [3.8, 4) is 5.75 Å². The van der Waals surface area contributed by atoms with Crippen LogP contribution in [-0.4, -0.2) is 27.4 Å². The van der Waals surface area contributed by atoms with Crippen LogP contribution in [-0.2, 0) is 25.7 Å². The first-order valence-electron chi connectivity index (χ1n) is 7.70. The van der Waals surface area contributed by atoms with E-state index >= 15 is 0 Å². The van der Waals surface area contributed by atoms with E-state index in [9.17, 15) is 14.4 Å². The molecule has 0 fully saturated rings. The fourth-order valence-corrected chi connectivity index (χ4v) is 2.42. The number of hydrogen-bond donors (Lipinski definition) is 0. The zero-order chi connectivity index (χ0) is 19.3. The Labute approximate surface area is 147 Å². The van der Waals surface area contributed by atoms with E-state index < -0.39 is 20.3 Å². The first-order chi connectivity index (χ1) is 11.5. The molecule has 0 aliphatic rings. The molecule has 7 nitrogen and oxygen atoms in total. The first kappa shape index (κ1) is 20.7. The van der Waals surface area contributed by atoms with Crippen molar-refractivity contribution in [1.82, 2.24) is 0 Å². The molecule has 1 aromatic heterocycles. The number of ether oxygens (including phenoxy) is 2. The molecule has 1 heterocycles. The first-order valence-corrected chi connectivity index (χ1v) is 10.6. The van der Waals surface area contributed by atoms with Gasteiger partial charge in [-0.1, -0.05) is 20.8 Å². The number of carbonyl (C=O) groups is 2. The molecule has 1 aromatic rings. The summed E-state index contributed by atoms with van der Waals surface area (Å²) in [6.07, 6.45) is 3.10. The summed E-state index contributed by atoms with van der Waals surface area (Å²) in [5.74, 6) is -1.11. The molecule has 0 N–H and O–H groups in total. The second-order valence-electron chi connectivity index (χ2n) is 6.90. The summed E-state index contributed by atoms with van der Waals surface area (Å²) in [5, 5.41) is -0.0559. The van der Waals surface area contributed by atoms with Gasteiger partial charge in [-0.2, -0.15) is 0 Å². The highest BCUT2D eigenvalue weighted by atomic mass is 28.4. The van der Waals surface area contributed by atoms with Gasteiger partial charge in [-0.05, 0) is 18.1 Å². The Bertz CT molecular complexity index is 710. The summed E-state index contributed by atoms with van der Waals surface area (Å²) in [5.41, 5.74) is -0.341. The molecule has 138 valence electrons. The maximum atomic E-state index is 12.2. The fraction of sp³-hybridized carbons (Fsp3) is 0.471. The zero-order valence-electron chi connectivity index (χ0n) is 15.4. The van der Waals surface area contributed by atoms with Crippen molar-refractivity contribution < 1.29 is 27.9 Å². The fourth-order valence-electron chi connectivity index (χ4n) is 1.41. The van der Waals surface area contributed by atoms with Gasteiger partial charge >= 0.3 is 11.9 Å². The Hall–Kier alpha value is -2.35. The average Bonchev–Trinajstić information content (AvgIpc) is 2.51. The SMILES string of the molecule is COC(=O)/C=C/C(=O)OCc1cc(=O)c(O[Si](C)(C)C(C)(C)C)co1. The van der Waals surface area contributed by atoms with E-state index in [1.807, 2.05) is 13.1 Å². The number of esters is 2. The second-order valence-corrected chi connectivity index (χ2v) is 11.6. The van der Waals surface area contributed by atoms with E-state index in [4.69, 9.17) is 13.6 Å². The highest BCUT2D eigenvalue weighted by Gasteiger charge is 2.39. The lowest BCUT2D eigenvalue weighted by Crippen LogP contribution is -2.44. The van der Waals surface area contributed by atoms with Crippen molar-refractivity contribution in [3.63, 3.8) is 0 Å². The van der Waals surface area contributed by atoms with Gasteiger partial charge in [-0.15, -0.1) is 0 Å². The quantitative estimate of drug-likeness (QED) is 0.433. The Morgan fingerprint density at radius 3 is 2.32 bits per heavy atom. The summed E-state index contributed by atoms with van der Waals surface area (Å²) >= 11 is 0. The van der Waals surface area contributed by atoms with Crippen molar-refractivity contribution in [2.75, 3.05) is 7.11 Å². The number of rotatable bonds is 6. The summed E-state index contributed by atoms with van der Waals surface area (Å²) in [7, 11) is -0.960. The van der Waals surface area contributed by atoms with Gasteiger partial charge in [0.1, 0.15) is 18.6 Å². The van der Waals surface area contributed by atoms with Crippen LogP contribution in [0.25, 0.3) is 0 Å². The summed E-state index contributed by atoms with van der Waals surface area (Å²) in [6, 6.07) is 1.22. The van der Waals surface area contributed by atoms with E-state index in [0.29, 0.717) is 0 Å². The zero-order valence-corrected chi connectivity index (χ0v) is 16.4. The van der Waals surface area contributed by atoms with Crippen LogP contribution in [0.3, 0.4) is 0 Å². The molecule has 25 heavy (non-hydrogen) atoms. The summed E-state index contributed by atoms with van der Waals surface area (Å²) < 4.78 is 20.4. The predicted octanol–water partition coefficient (Wildman–Crippen LogP) is 2.80. The van der Waals surface area contributed by atoms with Crippen LogP contribution in [0, 0.1) is 0 Å². The average molecular weight is 368 g/mol. The Morgan fingerprint density at radius 2 is 1.80 bits per heavy atom. The van der Waals surface area contributed by atoms with Crippen molar-refractivity contribution >= 4 is 20.3 Å². The Kier molecular flexibility index (Phi) is 6.75. The van der Waals surface area contributed by atoms with Crippen molar-refractivity contribution in [2.24, 2.45) is 0 Å². The molecule has 0 bridgehead atoms. The van der Waals surface area contributed by atoms with Crippen molar-refractivity contribution in [1.29, 1.82) is 0 Å². The highest BCUT2D eigenvalue weighted by Crippen LogP contribution is 2.36. The van der Waals surface area contributed by atoms with E-state index in [-0.39, 0.29) is 28.6 Å². The lowest BCUT2D eigenvalue weighted by atomic mass is 10.2. The maximum absolute atomic E-state index is 12.2. The van der Waals surface area contributed by atoms with Gasteiger partial charge in [-0.25, -0.2) is 9.59 Å². The van der Waals surface area contributed by atoms with Gasteiger partial charge in [-0.3, -0.25) is 4.79 Å². The number of carbonyl (C=O) groups excluding carboxylic acids is 2. The third-order valence-corrected chi connectivity index (χ3v) is 8.28. The molecule has 0 radical (unpaired) electrons. The molecule has 0 saturated carbocycles. The molecule has 0 saturated heterocycles. The van der Waals surface area contributed by atoms with Crippen LogP contribution in [0.2, 0.25) is 18.1 Å². The largest absolute Gasteiger partial charge is 0.539 e. The number of methoxy groups -OCH3 is 1. The topological polar surface area (TPSA) is 92.0 Å². The van der Waals surface area contributed by atoms with Gasteiger partial charge < -0.3 is 18.3 Å². The highest BCUT2D eigenvalue weighted by molar-refractivity contribution is 6.74. The molecule has 0 aromatic carbocycles. The lowest BCUT2D eigenvalue weighted by molar-refractivity contribution is -0.140. The monoisotopic (exact) mass is 368 g/mol. The molecule has 8 heteroatoms. The van der Waals surface area contributed by atoms with E-state index in [0.717, 1.165) is 12.2 Å². The molecular weight excluding hydrogens is 344 g/mol. The summed E-state index contributed by atoms with van der Waals surface area (Å²) in [6.45, 7) is 10.0. The van der Waals surface area contributed by atoms with Crippen LogP contribution in [0.5, 0.6) is 5.75 Å². The van der Waals surface area contributed by atoms with E-state index in [1.54, 1.807) is 0 Å². The van der Waals surface area contributed by atoms with Gasteiger partial charge in [0.25, 0.3) is 8.32 Å². The smallest absolute Gasteiger partial charge is 0.331 e. The van der Waals surface area contributed by atoms with Gasteiger partial charge in [0, 0.05) is 18.2 Å². The Balaban J connectivity index is 2.74. The molecule has 0 spiro atoms. The Morgan fingerprint density at radius 1 is 1.20 bits per heavy atom. The third-order valence-electron chi connectivity index (χ3n) is 3.94.